The molecule has 1 aliphatic heterocycles. The molecule has 1 amide bonds. The van der Waals surface area contributed by atoms with Crippen LogP contribution >= 0.6 is 23.1 Å². The van der Waals surface area contributed by atoms with Crippen LogP contribution in [0.15, 0.2) is 30.3 Å². The molecule has 1 unspecified atom stereocenters. The predicted octanol–water partition coefficient (Wildman–Crippen LogP) is 3.55. The number of thioether (sulfide) groups is 1. The summed E-state index contributed by atoms with van der Waals surface area (Å²) in [6.07, 6.45) is 1.99. The Morgan fingerprint density at radius 3 is 2.84 bits per heavy atom. The van der Waals surface area contributed by atoms with Crippen molar-refractivity contribution < 1.29 is 14.7 Å². The minimum atomic E-state index is -0.843. The number of nitrogens with zero attached hydrogens (tertiary/aromatic N) is 1. The number of aliphatic carboxylic acids is 1. The zero-order chi connectivity index (χ0) is 17.4. The molecule has 2 heterocycles. The lowest BCUT2D eigenvalue weighted by Gasteiger charge is -2.34. The van der Waals surface area contributed by atoms with Crippen molar-refractivity contribution in [2.24, 2.45) is 0 Å². The minimum Gasteiger partial charge on any atom is -0.481 e. The first kappa shape index (κ1) is 16.7. The van der Waals surface area contributed by atoms with Gasteiger partial charge in [-0.05, 0) is 35.6 Å². The maximum absolute atomic E-state index is 13.1. The van der Waals surface area contributed by atoms with Crippen LogP contribution in [-0.2, 0) is 17.6 Å². The van der Waals surface area contributed by atoms with Gasteiger partial charge in [0.1, 0.15) is 0 Å². The Balaban J connectivity index is 1.63. The highest BCUT2D eigenvalue weighted by molar-refractivity contribution is 7.99. The molecule has 2 aliphatic rings. The fourth-order valence-electron chi connectivity index (χ4n) is 3.61. The predicted molar refractivity (Wildman–Crippen MR) is 102 cm³/mol. The molecule has 1 aliphatic carbocycles. The van der Waals surface area contributed by atoms with E-state index < -0.39 is 5.97 Å². The number of amides is 1. The highest BCUT2D eigenvalue weighted by atomic mass is 32.2. The summed E-state index contributed by atoms with van der Waals surface area (Å²) in [4.78, 5) is 27.9. The molecule has 0 bridgehead atoms. The van der Waals surface area contributed by atoms with Gasteiger partial charge >= 0.3 is 5.97 Å². The molecular formula is C19H19NO3S2. The Morgan fingerprint density at radius 2 is 2.00 bits per heavy atom. The van der Waals surface area contributed by atoms with E-state index in [-0.39, 0.29) is 18.4 Å². The van der Waals surface area contributed by atoms with Crippen LogP contribution in [0.1, 0.15) is 27.2 Å². The highest BCUT2D eigenvalue weighted by Crippen LogP contribution is 2.40. The Labute approximate surface area is 154 Å². The van der Waals surface area contributed by atoms with Crippen LogP contribution in [0.3, 0.4) is 0 Å². The van der Waals surface area contributed by atoms with Crippen molar-refractivity contribution in [2.75, 3.05) is 18.1 Å². The largest absolute Gasteiger partial charge is 0.481 e. The quantitative estimate of drug-likeness (QED) is 0.894. The van der Waals surface area contributed by atoms with E-state index in [1.165, 1.54) is 21.6 Å². The Hall–Kier alpha value is -1.79. The van der Waals surface area contributed by atoms with Gasteiger partial charge in [-0.1, -0.05) is 24.3 Å². The normalized spacial score (nSPS) is 19.2. The van der Waals surface area contributed by atoms with Gasteiger partial charge in [-0.15, -0.1) is 11.3 Å². The van der Waals surface area contributed by atoms with Crippen molar-refractivity contribution >= 4 is 35.0 Å². The van der Waals surface area contributed by atoms with Crippen LogP contribution in [0.2, 0.25) is 0 Å². The Kier molecular flexibility index (Phi) is 4.56. The number of hydrogen-bond donors (Lipinski definition) is 1. The molecule has 0 radical (unpaired) electrons. The number of rotatable bonds is 3. The molecule has 4 nitrogen and oxygen atoms in total. The number of carbonyl (C=O) groups excluding carboxylic acids is 1. The number of fused-ring (bicyclic) bond motifs is 3. The van der Waals surface area contributed by atoms with Crippen LogP contribution < -0.4 is 0 Å². The molecule has 6 heteroatoms. The molecule has 1 aromatic carbocycles. The molecule has 2 aromatic rings. The van der Waals surface area contributed by atoms with E-state index in [1.807, 2.05) is 12.1 Å². The van der Waals surface area contributed by atoms with Gasteiger partial charge in [0.05, 0.1) is 17.3 Å². The smallest absolute Gasteiger partial charge is 0.305 e. The van der Waals surface area contributed by atoms with Crippen molar-refractivity contribution in [3.8, 4) is 10.4 Å². The molecule has 1 fully saturated rings. The van der Waals surface area contributed by atoms with E-state index in [0.717, 1.165) is 23.5 Å². The first-order chi connectivity index (χ1) is 12.1. The molecule has 130 valence electrons. The number of thiophene rings is 1. The van der Waals surface area contributed by atoms with Crippen molar-refractivity contribution in [1.82, 2.24) is 4.90 Å². The highest BCUT2D eigenvalue weighted by Gasteiger charge is 2.31. The van der Waals surface area contributed by atoms with Gasteiger partial charge in [-0.2, -0.15) is 11.8 Å². The van der Waals surface area contributed by atoms with Gasteiger partial charge in [-0.3, -0.25) is 9.59 Å². The zero-order valence-electron chi connectivity index (χ0n) is 13.7. The number of carboxylic acid groups (broad SMARTS) is 1. The second-order valence-electron chi connectivity index (χ2n) is 6.45. The molecule has 1 aromatic heterocycles. The topological polar surface area (TPSA) is 57.6 Å². The zero-order valence-corrected chi connectivity index (χ0v) is 15.4. The van der Waals surface area contributed by atoms with Crippen LogP contribution in [0, 0.1) is 0 Å². The van der Waals surface area contributed by atoms with Crippen molar-refractivity contribution in [1.29, 1.82) is 0 Å². The van der Waals surface area contributed by atoms with E-state index in [4.69, 9.17) is 5.11 Å². The summed E-state index contributed by atoms with van der Waals surface area (Å²) in [7, 11) is 0. The molecule has 4 rings (SSSR count). The summed E-state index contributed by atoms with van der Waals surface area (Å²) in [6.45, 7) is 0.626. The number of hydrogen-bond acceptors (Lipinski definition) is 4. The Bertz CT molecular complexity index is 830. The van der Waals surface area contributed by atoms with Crippen LogP contribution in [0.25, 0.3) is 10.4 Å². The first-order valence-corrected chi connectivity index (χ1v) is 10.4. The summed E-state index contributed by atoms with van der Waals surface area (Å²) in [5, 5.41) is 9.13. The average molecular weight is 373 g/mol. The third-order valence-corrected chi connectivity index (χ3v) is 7.13. The van der Waals surface area contributed by atoms with E-state index in [9.17, 15) is 9.59 Å². The number of benzene rings is 1. The summed E-state index contributed by atoms with van der Waals surface area (Å²) in [5.74, 6) is 0.718. The van der Waals surface area contributed by atoms with Gasteiger partial charge in [-0.25, -0.2) is 0 Å². The SMILES string of the molecule is O=C(O)CC1CSCCN1C(=O)c1cc2c(s1)-c1ccccc1CC2. The first-order valence-electron chi connectivity index (χ1n) is 8.45. The number of aryl methyl sites for hydroxylation is 2. The standard InChI is InChI=1S/C19H19NO3S2/c21-17(22)10-14-11-24-8-7-20(14)19(23)16-9-13-6-5-12-3-1-2-4-15(12)18(13)25-16/h1-4,9,14H,5-8,10-11H2,(H,21,22). The monoisotopic (exact) mass is 373 g/mol. The third kappa shape index (κ3) is 3.20. The lowest BCUT2D eigenvalue weighted by Crippen LogP contribution is -2.46. The van der Waals surface area contributed by atoms with E-state index >= 15 is 0 Å². The summed E-state index contributed by atoms with van der Waals surface area (Å²) in [6, 6.07) is 10.2. The van der Waals surface area contributed by atoms with Gasteiger partial charge < -0.3 is 10.0 Å². The summed E-state index contributed by atoms with van der Waals surface area (Å²) < 4.78 is 0. The van der Waals surface area contributed by atoms with Gasteiger partial charge in [0.25, 0.3) is 5.91 Å². The molecule has 25 heavy (non-hydrogen) atoms. The number of carboxylic acids is 1. The maximum atomic E-state index is 13.1. The fraction of sp³-hybridized carbons (Fsp3) is 0.368. The lowest BCUT2D eigenvalue weighted by molar-refractivity contribution is -0.138. The van der Waals surface area contributed by atoms with E-state index in [1.54, 1.807) is 28.0 Å². The van der Waals surface area contributed by atoms with Gasteiger partial charge in [0.15, 0.2) is 0 Å². The molecule has 1 saturated heterocycles. The average Bonchev–Trinajstić information content (AvgIpc) is 3.06. The molecular weight excluding hydrogens is 354 g/mol. The van der Waals surface area contributed by atoms with E-state index in [0.29, 0.717) is 12.3 Å². The summed E-state index contributed by atoms with van der Waals surface area (Å²) >= 11 is 3.28. The van der Waals surface area contributed by atoms with Gasteiger partial charge in [0.2, 0.25) is 0 Å². The molecule has 1 atom stereocenters. The van der Waals surface area contributed by atoms with Crippen LogP contribution in [0.4, 0.5) is 0 Å². The lowest BCUT2D eigenvalue weighted by atomic mass is 9.91. The Morgan fingerprint density at radius 1 is 1.20 bits per heavy atom. The number of carbonyl (C=O) groups is 2. The minimum absolute atomic E-state index is 0.0107. The molecule has 1 N–H and O–H groups in total. The fourth-order valence-corrected chi connectivity index (χ4v) is 5.90. The van der Waals surface area contributed by atoms with E-state index in [2.05, 4.69) is 18.2 Å². The third-order valence-electron chi connectivity index (χ3n) is 4.84. The second-order valence-corrected chi connectivity index (χ2v) is 8.65. The van der Waals surface area contributed by atoms with Crippen molar-refractivity contribution in [3.63, 3.8) is 0 Å². The van der Waals surface area contributed by atoms with Crippen LogP contribution in [0.5, 0.6) is 0 Å². The van der Waals surface area contributed by atoms with Crippen molar-refractivity contribution in [2.45, 2.75) is 25.3 Å². The van der Waals surface area contributed by atoms with Gasteiger partial charge in [0, 0.05) is 22.9 Å². The van der Waals surface area contributed by atoms with Crippen molar-refractivity contribution in [3.05, 3.63) is 46.3 Å². The summed E-state index contributed by atoms with van der Waals surface area (Å²) in [5.41, 5.74) is 3.83. The van der Waals surface area contributed by atoms with Crippen LogP contribution in [-0.4, -0.2) is 46.0 Å². The molecule has 0 saturated carbocycles. The molecule has 0 spiro atoms. The maximum Gasteiger partial charge on any atom is 0.305 e. The second kappa shape index (κ2) is 6.84.